The average molecular weight is 409 g/mol. The molecule has 0 spiro atoms. The maximum atomic E-state index is 13.1. The van der Waals surface area contributed by atoms with E-state index in [9.17, 15) is 9.59 Å². The molecular formula is C23H28N4O3. The average Bonchev–Trinajstić information content (AvgIpc) is 2.64. The predicted molar refractivity (Wildman–Crippen MR) is 117 cm³/mol. The number of alkyl carbamates (subject to hydrolysis) is 1. The number of aliphatic imine (C=N–C) groups is 1. The minimum atomic E-state index is -0.933. The predicted octanol–water partition coefficient (Wildman–Crippen LogP) is 3.35. The number of nitrogens with one attached hydrogen (secondary N) is 2. The van der Waals surface area contributed by atoms with Crippen molar-refractivity contribution in [2.45, 2.75) is 45.3 Å². The van der Waals surface area contributed by atoms with E-state index in [0.29, 0.717) is 12.1 Å². The number of guanidine groups is 1. The molecule has 0 saturated heterocycles. The lowest BCUT2D eigenvalue weighted by molar-refractivity contribution is -0.126. The number of nitrogens with two attached hydrogens (primary N) is 1. The van der Waals surface area contributed by atoms with Gasteiger partial charge in [-0.05, 0) is 57.4 Å². The molecule has 0 radical (unpaired) electrons. The highest BCUT2D eigenvalue weighted by Crippen LogP contribution is 2.38. The number of carbonyl (C=O) groups excluding carboxylic acids is 2. The molecule has 1 aliphatic heterocycles. The summed E-state index contributed by atoms with van der Waals surface area (Å²) in [7, 11) is 0. The van der Waals surface area contributed by atoms with Gasteiger partial charge in [-0.2, -0.15) is 0 Å². The smallest absolute Gasteiger partial charge is 0.414 e. The van der Waals surface area contributed by atoms with Crippen molar-refractivity contribution in [2.24, 2.45) is 10.9 Å². The fourth-order valence-corrected chi connectivity index (χ4v) is 3.52. The molecule has 1 unspecified atom stereocenters. The maximum Gasteiger partial charge on any atom is 0.414 e. The van der Waals surface area contributed by atoms with Crippen molar-refractivity contribution in [3.8, 4) is 0 Å². The third-order valence-corrected chi connectivity index (χ3v) is 4.95. The van der Waals surface area contributed by atoms with Crippen LogP contribution in [0.4, 0.5) is 10.5 Å². The highest BCUT2D eigenvalue weighted by atomic mass is 16.6. The van der Waals surface area contributed by atoms with Crippen LogP contribution in [-0.4, -0.2) is 23.6 Å². The van der Waals surface area contributed by atoms with Crippen molar-refractivity contribution in [3.63, 3.8) is 0 Å². The largest absolute Gasteiger partial charge is 0.444 e. The van der Waals surface area contributed by atoms with Crippen molar-refractivity contribution < 1.29 is 14.3 Å². The van der Waals surface area contributed by atoms with E-state index in [1.807, 2.05) is 55.5 Å². The van der Waals surface area contributed by atoms with E-state index in [-0.39, 0.29) is 11.9 Å². The molecular weight excluding hydrogens is 380 g/mol. The molecule has 30 heavy (non-hydrogen) atoms. The molecule has 158 valence electrons. The SMILES string of the molecule is CC(C)(C)OC(=O)NC1=N[C@](C)(c2cccc(N)c2)C(Cc2ccccc2)C(=O)N1. The molecule has 2 aromatic rings. The molecule has 7 nitrogen and oxygen atoms in total. The van der Waals surface area contributed by atoms with Gasteiger partial charge in [0, 0.05) is 5.69 Å². The van der Waals surface area contributed by atoms with Crippen LogP contribution in [0, 0.1) is 5.92 Å². The van der Waals surface area contributed by atoms with Gasteiger partial charge in [0.25, 0.3) is 0 Å². The van der Waals surface area contributed by atoms with Gasteiger partial charge >= 0.3 is 6.09 Å². The first-order chi connectivity index (χ1) is 14.1. The quantitative estimate of drug-likeness (QED) is 0.677. The van der Waals surface area contributed by atoms with Gasteiger partial charge in [-0.3, -0.25) is 15.4 Å². The van der Waals surface area contributed by atoms with Crippen LogP contribution in [0.25, 0.3) is 0 Å². The van der Waals surface area contributed by atoms with Gasteiger partial charge < -0.3 is 10.5 Å². The number of benzene rings is 2. The topological polar surface area (TPSA) is 106 Å². The molecule has 0 bridgehead atoms. The lowest BCUT2D eigenvalue weighted by atomic mass is 9.75. The first-order valence-corrected chi connectivity index (χ1v) is 9.87. The molecule has 2 aromatic carbocycles. The van der Waals surface area contributed by atoms with Crippen molar-refractivity contribution in [1.82, 2.24) is 10.6 Å². The Labute approximate surface area is 176 Å². The fourth-order valence-electron chi connectivity index (χ4n) is 3.52. The van der Waals surface area contributed by atoms with Crippen LogP contribution in [0.3, 0.4) is 0 Å². The lowest BCUT2D eigenvalue weighted by Gasteiger charge is -2.38. The number of anilines is 1. The Morgan fingerprint density at radius 2 is 1.90 bits per heavy atom. The molecule has 0 saturated carbocycles. The second-order valence-electron chi connectivity index (χ2n) is 8.59. The van der Waals surface area contributed by atoms with Gasteiger partial charge in [0.05, 0.1) is 11.5 Å². The zero-order chi connectivity index (χ0) is 21.9. The molecule has 3 rings (SSSR count). The van der Waals surface area contributed by atoms with Crippen molar-refractivity contribution in [2.75, 3.05) is 5.73 Å². The minimum Gasteiger partial charge on any atom is -0.444 e. The van der Waals surface area contributed by atoms with E-state index >= 15 is 0 Å². The summed E-state index contributed by atoms with van der Waals surface area (Å²) in [6.07, 6.45) is -0.195. The molecule has 7 heteroatoms. The number of nitrogens with zero attached hydrogens (tertiary/aromatic N) is 1. The fraction of sp³-hybridized carbons (Fsp3) is 0.348. The summed E-state index contributed by atoms with van der Waals surface area (Å²) in [6, 6.07) is 17.1. The number of hydrogen-bond acceptors (Lipinski definition) is 5. The summed E-state index contributed by atoms with van der Waals surface area (Å²) in [4.78, 5) is 30.1. The van der Waals surface area contributed by atoms with Crippen LogP contribution in [0.1, 0.15) is 38.8 Å². The minimum absolute atomic E-state index is 0.0588. The Bertz CT molecular complexity index is 966. The van der Waals surface area contributed by atoms with Gasteiger partial charge in [-0.15, -0.1) is 0 Å². The third kappa shape index (κ3) is 4.97. The summed E-state index contributed by atoms with van der Waals surface area (Å²) < 4.78 is 5.29. The summed E-state index contributed by atoms with van der Waals surface area (Å²) in [5.74, 6) is -0.667. The molecule has 4 N–H and O–H groups in total. The van der Waals surface area contributed by atoms with Crippen LogP contribution >= 0.6 is 0 Å². The second-order valence-corrected chi connectivity index (χ2v) is 8.59. The summed E-state index contributed by atoms with van der Waals surface area (Å²) in [5.41, 5.74) is 6.79. The molecule has 1 heterocycles. The molecule has 0 fully saturated rings. The van der Waals surface area contributed by atoms with Gasteiger partial charge in [0.1, 0.15) is 5.60 Å². The Kier molecular flexibility index (Phi) is 5.82. The van der Waals surface area contributed by atoms with Gasteiger partial charge in [-0.25, -0.2) is 9.79 Å². The normalized spacial score (nSPS) is 21.4. The number of rotatable bonds is 3. The monoisotopic (exact) mass is 408 g/mol. The zero-order valence-corrected chi connectivity index (χ0v) is 17.7. The first-order valence-electron chi connectivity index (χ1n) is 9.87. The summed E-state index contributed by atoms with van der Waals surface area (Å²) in [6.45, 7) is 7.17. The Hall–Kier alpha value is -3.35. The first kappa shape index (κ1) is 21.4. The van der Waals surface area contributed by atoms with Crippen molar-refractivity contribution >= 4 is 23.6 Å². The molecule has 1 aliphatic rings. The second kappa shape index (κ2) is 8.18. The Morgan fingerprint density at radius 1 is 1.20 bits per heavy atom. The Balaban J connectivity index is 1.98. The van der Waals surface area contributed by atoms with Crippen molar-refractivity contribution in [1.29, 1.82) is 0 Å². The molecule has 2 atom stereocenters. The van der Waals surface area contributed by atoms with Crippen molar-refractivity contribution in [3.05, 3.63) is 65.7 Å². The third-order valence-electron chi connectivity index (χ3n) is 4.95. The van der Waals surface area contributed by atoms with E-state index in [1.165, 1.54) is 0 Å². The highest BCUT2D eigenvalue weighted by molar-refractivity contribution is 6.06. The van der Waals surface area contributed by atoms with Gasteiger partial charge in [0.15, 0.2) is 0 Å². The van der Waals surface area contributed by atoms with Crippen LogP contribution < -0.4 is 16.4 Å². The number of ether oxygens (including phenoxy) is 1. The zero-order valence-electron chi connectivity index (χ0n) is 17.7. The van der Waals surface area contributed by atoms with Crippen LogP contribution in [0.2, 0.25) is 0 Å². The van der Waals surface area contributed by atoms with E-state index in [2.05, 4.69) is 10.6 Å². The van der Waals surface area contributed by atoms with Gasteiger partial charge in [0.2, 0.25) is 11.9 Å². The highest BCUT2D eigenvalue weighted by Gasteiger charge is 2.44. The van der Waals surface area contributed by atoms with E-state index in [4.69, 9.17) is 15.5 Å². The number of hydrogen-bond donors (Lipinski definition) is 3. The van der Waals surface area contributed by atoms with E-state index in [0.717, 1.165) is 11.1 Å². The van der Waals surface area contributed by atoms with Crippen LogP contribution in [-0.2, 0) is 21.5 Å². The molecule has 0 aromatic heterocycles. The lowest BCUT2D eigenvalue weighted by Crippen LogP contribution is -2.56. The Morgan fingerprint density at radius 3 is 2.53 bits per heavy atom. The number of carbonyl (C=O) groups is 2. The van der Waals surface area contributed by atoms with E-state index < -0.39 is 23.2 Å². The van der Waals surface area contributed by atoms with E-state index in [1.54, 1.807) is 26.8 Å². The number of nitrogen functional groups attached to an aromatic ring is 1. The standard InChI is InChI=1S/C23H28N4O3/c1-22(2,3)30-21(29)26-20-25-19(28)18(13-15-9-6-5-7-10-15)23(4,27-20)16-11-8-12-17(24)14-16/h5-12,14,18H,13,24H2,1-4H3,(H2,25,26,27,28,29)/t18?,23-/m1/s1. The summed E-state index contributed by atoms with van der Waals surface area (Å²) in [5, 5.41) is 5.27. The molecule has 2 amide bonds. The van der Waals surface area contributed by atoms with Gasteiger partial charge in [-0.1, -0.05) is 42.5 Å². The van der Waals surface area contributed by atoms with Crippen LogP contribution in [0.5, 0.6) is 0 Å². The maximum absolute atomic E-state index is 13.1. The number of amides is 2. The van der Waals surface area contributed by atoms with Crippen LogP contribution in [0.15, 0.2) is 59.6 Å². The molecule has 0 aliphatic carbocycles. The summed E-state index contributed by atoms with van der Waals surface area (Å²) >= 11 is 0.